The predicted octanol–water partition coefficient (Wildman–Crippen LogP) is 0.655. The van der Waals surface area contributed by atoms with Crippen LogP contribution >= 0.6 is 0 Å². The van der Waals surface area contributed by atoms with Gasteiger partial charge < -0.3 is 20.6 Å². The Morgan fingerprint density at radius 3 is 2.30 bits per heavy atom. The first-order valence-corrected chi connectivity index (χ1v) is 6.90. The summed E-state index contributed by atoms with van der Waals surface area (Å²) >= 11 is 0. The molecular weight excluding hydrogens is 262 g/mol. The van der Waals surface area contributed by atoms with E-state index in [0.717, 1.165) is 12.8 Å². The van der Waals surface area contributed by atoms with Gasteiger partial charge in [0.25, 0.3) is 0 Å². The SMILES string of the molecule is CCCNC(=O)CN(C)C(=O)NCC(CCC)C(=O)O. The van der Waals surface area contributed by atoms with Crippen molar-refractivity contribution in [1.29, 1.82) is 0 Å². The first-order valence-electron chi connectivity index (χ1n) is 6.90. The van der Waals surface area contributed by atoms with E-state index in [-0.39, 0.29) is 19.0 Å². The number of carbonyl (C=O) groups is 3. The van der Waals surface area contributed by atoms with Crippen molar-refractivity contribution < 1.29 is 19.5 Å². The molecule has 0 rings (SSSR count). The minimum atomic E-state index is -0.921. The second-order valence-corrected chi connectivity index (χ2v) is 4.72. The molecule has 0 radical (unpaired) electrons. The van der Waals surface area contributed by atoms with Crippen LogP contribution in [-0.4, -0.2) is 54.6 Å². The zero-order valence-corrected chi connectivity index (χ0v) is 12.4. The summed E-state index contributed by atoms with van der Waals surface area (Å²) in [6, 6.07) is -0.445. The normalized spacial score (nSPS) is 11.6. The second kappa shape index (κ2) is 10.1. The van der Waals surface area contributed by atoms with Gasteiger partial charge in [0, 0.05) is 20.1 Å². The third-order valence-corrected chi connectivity index (χ3v) is 2.79. The van der Waals surface area contributed by atoms with Crippen LogP contribution in [0.1, 0.15) is 33.1 Å². The number of rotatable bonds is 9. The van der Waals surface area contributed by atoms with Crippen molar-refractivity contribution in [2.45, 2.75) is 33.1 Å². The monoisotopic (exact) mass is 287 g/mol. The summed E-state index contributed by atoms with van der Waals surface area (Å²) in [4.78, 5) is 35.3. The van der Waals surface area contributed by atoms with E-state index in [0.29, 0.717) is 13.0 Å². The molecule has 0 saturated carbocycles. The number of hydrogen-bond donors (Lipinski definition) is 3. The van der Waals surface area contributed by atoms with Gasteiger partial charge in [0.2, 0.25) is 5.91 Å². The van der Waals surface area contributed by atoms with Gasteiger partial charge in [-0.25, -0.2) is 4.79 Å². The Kier molecular flexibility index (Phi) is 9.15. The third-order valence-electron chi connectivity index (χ3n) is 2.79. The molecule has 20 heavy (non-hydrogen) atoms. The molecule has 3 N–H and O–H groups in total. The fourth-order valence-corrected chi connectivity index (χ4v) is 1.61. The Bertz CT molecular complexity index is 334. The van der Waals surface area contributed by atoms with Crippen LogP contribution < -0.4 is 10.6 Å². The van der Waals surface area contributed by atoms with E-state index in [1.54, 1.807) is 0 Å². The first-order chi connectivity index (χ1) is 9.42. The fourth-order valence-electron chi connectivity index (χ4n) is 1.61. The van der Waals surface area contributed by atoms with Crippen LogP contribution in [0.4, 0.5) is 4.79 Å². The molecule has 0 aliphatic heterocycles. The van der Waals surface area contributed by atoms with Crippen molar-refractivity contribution in [3.05, 3.63) is 0 Å². The molecule has 7 nitrogen and oxygen atoms in total. The standard InChI is InChI=1S/C13H25N3O4/c1-4-6-10(12(18)19)8-15-13(20)16(3)9-11(17)14-7-5-2/h10H,4-9H2,1-3H3,(H,14,17)(H,15,20)(H,18,19). The number of urea groups is 1. The molecule has 1 unspecified atom stereocenters. The fraction of sp³-hybridized carbons (Fsp3) is 0.769. The summed E-state index contributed by atoms with van der Waals surface area (Å²) in [6.07, 6.45) is 2.08. The highest BCUT2D eigenvalue weighted by Crippen LogP contribution is 2.05. The van der Waals surface area contributed by atoms with Crippen LogP contribution in [0.5, 0.6) is 0 Å². The summed E-state index contributed by atoms with van der Waals surface area (Å²) in [6.45, 7) is 4.44. The molecule has 0 heterocycles. The van der Waals surface area contributed by atoms with E-state index in [9.17, 15) is 14.4 Å². The van der Waals surface area contributed by atoms with Gasteiger partial charge in [0.15, 0.2) is 0 Å². The van der Waals surface area contributed by atoms with E-state index in [1.807, 2.05) is 13.8 Å². The van der Waals surface area contributed by atoms with Crippen molar-refractivity contribution in [2.75, 3.05) is 26.7 Å². The van der Waals surface area contributed by atoms with E-state index in [2.05, 4.69) is 10.6 Å². The molecule has 0 aliphatic rings. The van der Waals surface area contributed by atoms with Gasteiger partial charge in [0.1, 0.15) is 6.54 Å². The lowest BCUT2D eigenvalue weighted by atomic mass is 10.0. The largest absolute Gasteiger partial charge is 0.481 e. The average molecular weight is 287 g/mol. The van der Waals surface area contributed by atoms with E-state index in [4.69, 9.17) is 5.11 Å². The van der Waals surface area contributed by atoms with E-state index < -0.39 is 17.9 Å². The Balaban J connectivity index is 4.12. The minimum Gasteiger partial charge on any atom is -0.481 e. The molecular formula is C13H25N3O4. The Morgan fingerprint density at radius 1 is 1.15 bits per heavy atom. The molecule has 0 saturated heterocycles. The first kappa shape index (κ1) is 18.2. The number of hydrogen-bond acceptors (Lipinski definition) is 3. The van der Waals surface area contributed by atoms with Gasteiger partial charge >= 0.3 is 12.0 Å². The molecule has 0 aliphatic carbocycles. The van der Waals surface area contributed by atoms with Crippen molar-refractivity contribution >= 4 is 17.9 Å². The van der Waals surface area contributed by atoms with Crippen LogP contribution in [0.25, 0.3) is 0 Å². The predicted molar refractivity (Wildman–Crippen MR) is 75.4 cm³/mol. The van der Waals surface area contributed by atoms with Crippen LogP contribution in [0.3, 0.4) is 0 Å². The van der Waals surface area contributed by atoms with Gasteiger partial charge in [-0.3, -0.25) is 9.59 Å². The maximum Gasteiger partial charge on any atom is 0.317 e. The van der Waals surface area contributed by atoms with Crippen LogP contribution in [0.15, 0.2) is 0 Å². The maximum absolute atomic E-state index is 11.7. The number of nitrogens with one attached hydrogen (secondary N) is 2. The van der Waals surface area contributed by atoms with Gasteiger partial charge in [-0.05, 0) is 12.8 Å². The highest BCUT2D eigenvalue weighted by atomic mass is 16.4. The van der Waals surface area contributed by atoms with Gasteiger partial charge in [-0.1, -0.05) is 20.3 Å². The number of carboxylic acids is 1. The van der Waals surface area contributed by atoms with Gasteiger partial charge in [-0.2, -0.15) is 0 Å². The van der Waals surface area contributed by atoms with Crippen molar-refractivity contribution in [1.82, 2.24) is 15.5 Å². The lowest BCUT2D eigenvalue weighted by molar-refractivity contribution is -0.141. The Hall–Kier alpha value is -1.79. The number of nitrogens with zero attached hydrogens (tertiary/aromatic N) is 1. The highest BCUT2D eigenvalue weighted by molar-refractivity contribution is 5.84. The van der Waals surface area contributed by atoms with Crippen molar-refractivity contribution in [3.63, 3.8) is 0 Å². The zero-order valence-electron chi connectivity index (χ0n) is 12.4. The highest BCUT2D eigenvalue weighted by Gasteiger charge is 2.19. The van der Waals surface area contributed by atoms with Crippen LogP contribution in [0.2, 0.25) is 0 Å². The summed E-state index contributed by atoms with van der Waals surface area (Å²) in [7, 11) is 1.50. The zero-order chi connectivity index (χ0) is 15.5. The summed E-state index contributed by atoms with van der Waals surface area (Å²) in [5.41, 5.74) is 0. The molecule has 7 heteroatoms. The molecule has 116 valence electrons. The topological polar surface area (TPSA) is 98.7 Å². The second-order valence-electron chi connectivity index (χ2n) is 4.72. The number of carboxylic acid groups (broad SMARTS) is 1. The number of amides is 3. The molecule has 0 aromatic carbocycles. The molecule has 3 amide bonds. The quantitative estimate of drug-likeness (QED) is 0.580. The smallest absolute Gasteiger partial charge is 0.317 e. The Morgan fingerprint density at radius 2 is 1.80 bits per heavy atom. The van der Waals surface area contributed by atoms with Crippen LogP contribution in [-0.2, 0) is 9.59 Å². The van der Waals surface area contributed by atoms with Crippen LogP contribution in [0, 0.1) is 5.92 Å². The van der Waals surface area contributed by atoms with Crippen molar-refractivity contribution in [3.8, 4) is 0 Å². The average Bonchev–Trinajstić information content (AvgIpc) is 2.40. The number of carbonyl (C=O) groups excluding carboxylic acids is 2. The van der Waals surface area contributed by atoms with Crippen molar-refractivity contribution in [2.24, 2.45) is 5.92 Å². The van der Waals surface area contributed by atoms with E-state index in [1.165, 1.54) is 11.9 Å². The molecule has 0 bridgehead atoms. The molecule has 0 aromatic heterocycles. The van der Waals surface area contributed by atoms with Gasteiger partial charge in [-0.15, -0.1) is 0 Å². The summed E-state index contributed by atoms with van der Waals surface area (Å²) in [5.74, 6) is -1.74. The van der Waals surface area contributed by atoms with E-state index >= 15 is 0 Å². The van der Waals surface area contributed by atoms with Gasteiger partial charge in [0.05, 0.1) is 5.92 Å². The number of aliphatic carboxylic acids is 1. The minimum absolute atomic E-state index is 0.0443. The molecule has 0 spiro atoms. The molecule has 0 aromatic rings. The lowest BCUT2D eigenvalue weighted by Crippen LogP contribution is -2.45. The summed E-state index contributed by atoms with van der Waals surface area (Å²) in [5, 5.41) is 14.2. The summed E-state index contributed by atoms with van der Waals surface area (Å²) < 4.78 is 0. The molecule has 0 fully saturated rings. The molecule has 1 atom stereocenters. The number of likely N-dealkylation sites (N-methyl/N-ethyl adjacent to an activating group) is 1. The lowest BCUT2D eigenvalue weighted by Gasteiger charge is -2.19. The maximum atomic E-state index is 11.7. The third kappa shape index (κ3) is 7.60. The Labute approximate surface area is 119 Å².